The van der Waals surface area contributed by atoms with Crippen LogP contribution in [0.4, 0.5) is 0 Å². The third-order valence-corrected chi connectivity index (χ3v) is 4.94. The molecule has 3 rings (SSSR count). The van der Waals surface area contributed by atoms with Crippen LogP contribution in [0.2, 0.25) is 5.02 Å². The molecule has 1 saturated carbocycles. The molecule has 1 aliphatic rings. The highest BCUT2D eigenvalue weighted by molar-refractivity contribution is 6.31. The van der Waals surface area contributed by atoms with Crippen molar-refractivity contribution in [2.75, 3.05) is 20.8 Å². The maximum atomic E-state index is 12.3. The van der Waals surface area contributed by atoms with Gasteiger partial charge in [-0.1, -0.05) is 35.9 Å². The van der Waals surface area contributed by atoms with E-state index in [0.29, 0.717) is 18.0 Å². The number of nitrogens with one attached hydrogen (secondary N) is 1. The zero-order valence-corrected chi connectivity index (χ0v) is 15.2. The molecule has 0 radical (unpaired) electrons. The van der Waals surface area contributed by atoms with Crippen LogP contribution < -0.4 is 14.8 Å². The predicted molar refractivity (Wildman–Crippen MR) is 98.6 cm³/mol. The first-order valence-electron chi connectivity index (χ1n) is 8.37. The number of methoxy groups -OCH3 is 2. The Balaban J connectivity index is 1.50. The first-order chi connectivity index (χ1) is 12.1. The molecule has 0 aliphatic heterocycles. The van der Waals surface area contributed by atoms with Crippen molar-refractivity contribution in [2.45, 2.75) is 18.8 Å². The second-order valence-electron chi connectivity index (χ2n) is 6.20. The van der Waals surface area contributed by atoms with Gasteiger partial charge < -0.3 is 14.8 Å². The van der Waals surface area contributed by atoms with Gasteiger partial charge in [0, 0.05) is 17.5 Å². The van der Waals surface area contributed by atoms with Gasteiger partial charge in [0.15, 0.2) is 11.5 Å². The van der Waals surface area contributed by atoms with Crippen LogP contribution in [0, 0.1) is 5.92 Å². The monoisotopic (exact) mass is 359 g/mol. The summed E-state index contributed by atoms with van der Waals surface area (Å²) in [6, 6.07) is 13.6. The standard InChI is InChI=1S/C20H22ClNO3/c1-24-18-8-7-13(11-19(18)25-2)9-10-22-20(23)16-12-15(16)14-5-3-4-6-17(14)21/h3-8,11,15-16H,9-10,12H2,1-2H3,(H,22,23). The molecule has 2 aromatic rings. The van der Waals surface area contributed by atoms with Crippen LogP contribution in [0.5, 0.6) is 11.5 Å². The highest BCUT2D eigenvalue weighted by Gasteiger charge is 2.44. The van der Waals surface area contributed by atoms with Crippen LogP contribution in [0.25, 0.3) is 0 Å². The van der Waals surface area contributed by atoms with Crippen LogP contribution in [0.1, 0.15) is 23.5 Å². The molecule has 1 amide bonds. The van der Waals surface area contributed by atoms with Gasteiger partial charge in [-0.3, -0.25) is 4.79 Å². The molecule has 2 unspecified atom stereocenters. The predicted octanol–water partition coefficient (Wildman–Crippen LogP) is 3.82. The van der Waals surface area contributed by atoms with Crippen LogP contribution in [-0.4, -0.2) is 26.7 Å². The molecule has 25 heavy (non-hydrogen) atoms. The largest absolute Gasteiger partial charge is 0.493 e. The van der Waals surface area contributed by atoms with Crippen molar-refractivity contribution in [3.05, 3.63) is 58.6 Å². The maximum absolute atomic E-state index is 12.3. The number of rotatable bonds is 7. The van der Waals surface area contributed by atoms with Gasteiger partial charge in [-0.25, -0.2) is 0 Å². The Morgan fingerprint density at radius 1 is 1.16 bits per heavy atom. The summed E-state index contributed by atoms with van der Waals surface area (Å²) in [6.07, 6.45) is 1.61. The van der Waals surface area contributed by atoms with E-state index in [4.69, 9.17) is 21.1 Å². The third kappa shape index (κ3) is 4.07. The average molecular weight is 360 g/mol. The molecule has 0 bridgehead atoms. The molecule has 2 atom stereocenters. The second-order valence-corrected chi connectivity index (χ2v) is 6.61. The van der Waals surface area contributed by atoms with E-state index in [9.17, 15) is 4.79 Å². The lowest BCUT2D eigenvalue weighted by atomic mass is 10.1. The summed E-state index contributed by atoms with van der Waals surface area (Å²) in [6.45, 7) is 0.597. The topological polar surface area (TPSA) is 47.6 Å². The van der Waals surface area contributed by atoms with E-state index in [-0.39, 0.29) is 17.7 Å². The fraction of sp³-hybridized carbons (Fsp3) is 0.350. The van der Waals surface area contributed by atoms with Crippen molar-refractivity contribution in [1.82, 2.24) is 5.32 Å². The van der Waals surface area contributed by atoms with E-state index < -0.39 is 0 Å². The summed E-state index contributed by atoms with van der Waals surface area (Å²) in [5.74, 6) is 1.79. The van der Waals surface area contributed by atoms with Gasteiger partial charge in [0.2, 0.25) is 5.91 Å². The molecular formula is C20H22ClNO3. The fourth-order valence-corrected chi connectivity index (χ4v) is 3.38. The summed E-state index contributed by atoms with van der Waals surface area (Å²) < 4.78 is 10.5. The molecule has 0 spiro atoms. The Labute approximate surface area is 153 Å². The molecule has 0 aromatic heterocycles. The Hall–Kier alpha value is -2.20. The van der Waals surface area contributed by atoms with Gasteiger partial charge >= 0.3 is 0 Å². The first-order valence-corrected chi connectivity index (χ1v) is 8.75. The summed E-state index contributed by atoms with van der Waals surface area (Å²) >= 11 is 6.21. The minimum absolute atomic E-state index is 0.0327. The number of benzene rings is 2. The van der Waals surface area contributed by atoms with E-state index in [2.05, 4.69) is 5.32 Å². The molecule has 1 fully saturated rings. The van der Waals surface area contributed by atoms with Crippen molar-refractivity contribution in [2.24, 2.45) is 5.92 Å². The summed E-state index contributed by atoms with van der Waals surface area (Å²) in [4.78, 5) is 12.3. The third-order valence-electron chi connectivity index (χ3n) is 4.59. The maximum Gasteiger partial charge on any atom is 0.223 e. The number of carbonyl (C=O) groups excluding carboxylic acids is 1. The molecule has 1 aliphatic carbocycles. The minimum Gasteiger partial charge on any atom is -0.493 e. The molecular weight excluding hydrogens is 338 g/mol. The number of hydrogen-bond donors (Lipinski definition) is 1. The zero-order chi connectivity index (χ0) is 17.8. The molecule has 0 heterocycles. The van der Waals surface area contributed by atoms with Gasteiger partial charge in [0.25, 0.3) is 0 Å². The van der Waals surface area contributed by atoms with E-state index in [0.717, 1.165) is 29.0 Å². The van der Waals surface area contributed by atoms with Gasteiger partial charge in [-0.05, 0) is 48.1 Å². The Morgan fingerprint density at radius 2 is 1.92 bits per heavy atom. The van der Waals surface area contributed by atoms with E-state index in [1.165, 1.54) is 0 Å². The summed E-state index contributed by atoms with van der Waals surface area (Å²) in [5.41, 5.74) is 2.17. The fourth-order valence-electron chi connectivity index (χ4n) is 3.10. The van der Waals surface area contributed by atoms with Crippen molar-refractivity contribution in [1.29, 1.82) is 0 Å². The molecule has 1 N–H and O–H groups in total. The highest BCUT2D eigenvalue weighted by atomic mass is 35.5. The molecule has 0 saturated heterocycles. The SMILES string of the molecule is COc1ccc(CCNC(=O)C2CC2c2ccccc2Cl)cc1OC. The number of ether oxygens (including phenoxy) is 2. The van der Waals surface area contributed by atoms with Gasteiger partial charge in [-0.15, -0.1) is 0 Å². The van der Waals surface area contributed by atoms with Crippen molar-refractivity contribution in [3.63, 3.8) is 0 Å². The van der Waals surface area contributed by atoms with Crippen LogP contribution in [0.3, 0.4) is 0 Å². The molecule has 4 nitrogen and oxygen atoms in total. The number of hydrogen-bond acceptors (Lipinski definition) is 3. The number of amides is 1. The average Bonchev–Trinajstić information content (AvgIpc) is 3.42. The highest BCUT2D eigenvalue weighted by Crippen LogP contribution is 2.49. The first kappa shape index (κ1) is 17.6. The lowest BCUT2D eigenvalue weighted by Crippen LogP contribution is -2.27. The van der Waals surface area contributed by atoms with Crippen LogP contribution in [-0.2, 0) is 11.2 Å². The Morgan fingerprint density at radius 3 is 2.64 bits per heavy atom. The molecule has 132 valence electrons. The van der Waals surface area contributed by atoms with Gasteiger partial charge in [0.1, 0.15) is 0 Å². The zero-order valence-electron chi connectivity index (χ0n) is 14.4. The van der Waals surface area contributed by atoms with Crippen molar-refractivity contribution < 1.29 is 14.3 Å². The number of halogens is 1. The van der Waals surface area contributed by atoms with Crippen LogP contribution in [0.15, 0.2) is 42.5 Å². The Kier molecular flexibility index (Phi) is 5.49. The molecule has 5 heteroatoms. The quantitative estimate of drug-likeness (QED) is 0.817. The minimum atomic E-state index is 0.0327. The van der Waals surface area contributed by atoms with E-state index >= 15 is 0 Å². The molecule has 2 aromatic carbocycles. The summed E-state index contributed by atoms with van der Waals surface area (Å²) in [5, 5.41) is 3.77. The Bertz CT molecular complexity index is 762. The second kappa shape index (κ2) is 7.79. The van der Waals surface area contributed by atoms with E-state index in [1.54, 1.807) is 14.2 Å². The van der Waals surface area contributed by atoms with E-state index in [1.807, 2.05) is 42.5 Å². The van der Waals surface area contributed by atoms with Crippen molar-refractivity contribution in [3.8, 4) is 11.5 Å². The normalized spacial score (nSPS) is 18.5. The van der Waals surface area contributed by atoms with Gasteiger partial charge in [-0.2, -0.15) is 0 Å². The number of carbonyl (C=O) groups is 1. The summed E-state index contributed by atoms with van der Waals surface area (Å²) in [7, 11) is 3.23. The lowest BCUT2D eigenvalue weighted by Gasteiger charge is -2.10. The smallest absolute Gasteiger partial charge is 0.223 e. The van der Waals surface area contributed by atoms with Crippen molar-refractivity contribution >= 4 is 17.5 Å². The van der Waals surface area contributed by atoms with Crippen LogP contribution >= 0.6 is 11.6 Å². The lowest BCUT2D eigenvalue weighted by molar-refractivity contribution is -0.122. The van der Waals surface area contributed by atoms with Gasteiger partial charge in [0.05, 0.1) is 14.2 Å².